The van der Waals surface area contributed by atoms with Crippen molar-refractivity contribution >= 4 is 49.0 Å². The third-order valence-electron chi connectivity index (χ3n) is 2.43. The van der Waals surface area contributed by atoms with Gasteiger partial charge in [0, 0.05) is 35.8 Å². The van der Waals surface area contributed by atoms with Crippen LogP contribution in [0.5, 0.6) is 0 Å². The highest BCUT2D eigenvalue weighted by Crippen LogP contribution is 2.39. The van der Waals surface area contributed by atoms with Crippen molar-refractivity contribution in [2.75, 3.05) is 11.5 Å². The molecule has 1 aromatic rings. The average Bonchev–Trinajstić information content (AvgIpc) is 2.89. The van der Waals surface area contributed by atoms with Crippen LogP contribution in [0, 0.1) is 0 Å². The lowest BCUT2D eigenvalue weighted by molar-refractivity contribution is -0.118. The number of pyridine rings is 1. The van der Waals surface area contributed by atoms with Gasteiger partial charge in [0.1, 0.15) is 10.8 Å². The fourth-order valence-corrected chi connectivity index (χ4v) is 6.36. The number of hydrogen-bond donors (Lipinski definition) is 0. The van der Waals surface area contributed by atoms with E-state index in [-0.39, 0.29) is 0 Å². The van der Waals surface area contributed by atoms with Crippen molar-refractivity contribution in [2.45, 2.75) is 29.5 Å². The largest absolute Gasteiger partial charge is 0.300 e. The summed E-state index contributed by atoms with van der Waals surface area (Å²) in [4.78, 5) is 16.0. The molecule has 1 aliphatic heterocycles. The van der Waals surface area contributed by atoms with Crippen LogP contribution >= 0.6 is 43.2 Å². The number of Topliss-reactive ketones (excluding diaryl/α,β-unsaturated/α-hetero) is 1. The predicted molar refractivity (Wildman–Crippen MR) is 85.2 cm³/mol. The molecular formula is C12H15NOS4. The second-order valence-corrected chi connectivity index (χ2v) is 9.12. The summed E-state index contributed by atoms with van der Waals surface area (Å²) in [6.07, 6.45) is 4.43. The molecule has 1 aromatic heterocycles. The van der Waals surface area contributed by atoms with E-state index in [9.17, 15) is 4.79 Å². The van der Waals surface area contributed by atoms with Crippen molar-refractivity contribution in [1.29, 1.82) is 0 Å². The first-order chi connectivity index (χ1) is 8.84. The second-order valence-electron chi connectivity index (χ2n) is 3.89. The van der Waals surface area contributed by atoms with Gasteiger partial charge in [0.2, 0.25) is 0 Å². The predicted octanol–water partition coefficient (Wildman–Crippen LogP) is 4.32. The lowest BCUT2D eigenvalue weighted by Gasteiger charge is -2.05. The van der Waals surface area contributed by atoms with Gasteiger partial charge in [-0.25, -0.2) is 4.98 Å². The maximum absolute atomic E-state index is 11.7. The van der Waals surface area contributed by atoms with E-state index in [4.69, 9.17) is 0 Å². The number of hydrogen-bond acceptors (Lipinski definition) is 6. The topological polar surface area (TPSA) is 30.0 Å². The van der Waals surface area contributed by atoms with Crippen LogP contribution in [-0.4, -0.2) is 27.5 Å². The number of aromatic nitrogens is 1. The number of nitrogens with zero attached hydrogens (tertiary/aromatic N) is 1. The van der Waals surface area contributed by atoms with Gasteiger partial charge in [0.15, 0.2) is 0 Å². The molecule has 0 bridgehead atoms. The minimum absolute atomic E-state index is 0.407. The lowest BCUT2D eigenvalue weighted by atomic mass is 10.1. The van der Waals surface area contributed by atoms with Crippen LogP contribution in [-0.2, 0) is 4.79 Å². The number of rotatable bonds is 7. The van der Waals surface area contributed by atoms with Crippen molar-refractivity contribution in [1.82, 2.24) is 4.98 Å². The van der Waals surface area contributed by atoms with Gasteiger partial charge in [0.05, 0.1) is 0 Å². The Bertz CT molecular complexity index is 368. The van der Waals surface area contributed by atoms with Crippen LogP contribution in [0.4, 0.5) is 0 Å². The van der Waals surface area contributed by atoms with Crippen LogP contribution in [0.25, 0.3) is 0 Å². The molecule has 1 aliphatic rings. The molecule has 0 N–H and O–H groups in total. The Labute approximate surface area is 124 Å². The molecule has 1 atom stereocenters. The molecule has 0 spiro atoms. The molecule has 0 saturated carbocycles. The van der Waals surface area contributed by atoms with Crippen LogP contribution in [0.1, 0.15) is 19.3 Å². The van der Waals surface area contributed by atoms with Crippen LogP contribution in [0.2, 0.25) is 0 Å². The summed E-state index contributed by atoms with van der Waals surface area (Å²) in [5, 5.41) is 1.58. The Balaban J connectivity index is 1.56. The molecular weight excluding hydrogens is 302 g/mol. The second kappa shape index (κ2) is 8.40. The Morgan fingerprint density at radius 3 is 3.17 bits per heavy atom. The van der Waals surface area contributed by atoms with Crippen LogP contribution in [0.15, 0.2) is 29.4 Å². The van der Waals surface area contributed by atoms with Gasteiger partial charge in [-0.2, -0.15) is 0 Å². The summed E-state index contributed by atoms with van der Waals surface area (Å²) >= 11 is 0. The lowest BCUT2D eigenvalue weighted by Crippen LogP contribution is -2.08. The van der Waals surface area contributed by atoms with Gasteiger partial charge >= 0.3 is 0 Å². The summed E-state index contributed by atoms with van der Waals surface area (Å²) in [7, 11) is 7.14. The third kappa shape index (κ3) is 5.47. The highest BCUT2D eigenvalue weighted by atomic mass is 33.1. The molecule has 2 rings (SSSR count). The monoisotopic (exact) mass is 317 g/mol. The molecule has 98 valence electrons. The molecule has 0 aromatic carbocycles. The molecule has 0 aliphatic carbocycles. The van der Waals surface area contributed by atoms with Gasteiger partial charge in [0.25, 0.3) is 0 Å². The normalized spacial score (nSPS) is 19.0. The molecule has 0 radical (unpaired) electrons. The molecule has 1 saturated heterocycles. The first kappa shape index (κ1) is 14.6. The average molecular weight is 318 g/mol. The van der Waals surface area contributed by atoms with Gasteiger partial charge < -0.3 is 0 Å². The zero-order chi connectivity index (χ0) is 12.6. The summed E-state index contributed by atoms with van der Waals surface area (Å²) in [6, 6.07) is 5.89. The van der Waals surface area contributed by atoms with Crippen molar-refractivity contribution < 1.29 is 4.79 Å². The SMILES string of the molecule is O=C(CCSSc1ccccn1)CC1CCSS1. The van der Waals surface area contributed by atoms with Gasteiger partial charge in [-0.1, -0.05) is 38.4 Å². The van der Waals surface area contributed by atoms with E-state index in [2.05, 4.69) is 4.98 Å². The summed E-state index contributed by atoms with van der Waals surface area (Å²) < 4.78 is 0. The van der Waals surface area contributed by atoms with Crippen molar-refractivity contribution in [3.05, 3.63) is 24.4 Å². The highest BCUT2D eigenvalue weighted by molar-refractivity contribution is 8.77. The van der Waals surface area contributed by atoms with E-state index in [0.717, 1.165) is 17.2 Å². The minimum Gasteiger partial charge on any atom is -0.300 e. The Kier molecular flexibility index (Phi) is 6.83. The fourth-order valence-electron chi connectivity index (χ4n) is 1.52. The number of ketones is 1. The quantitative estimate of drug-likeness (QED) is 0.549. The van der Waals surface area contributed by atoms with E-state index in [1.165, 1.54) is 12.2 Å². The third-order valence-corrected chi connectivity index (χ3v) is 7.63. The van der Waals surface area contributed by atoms with Gasteiger partial charge in [-0.3, -0.25) is 4.79 Å². The van der Waals surface area contributed by atoms with Crippen molar-refractivity contribution in [2.24, 2.45) is 0 Å². The first-order valence-corrected chi connectivity index (χ1v) is 10.5. The standard InChI is InChI=1S/C12H15NOS4/c14-10(9-11-5-8-15-17-11)4-7-16-18-12-3-1-2-6-13-12/h1-3,6,11H,4-5,7-9H2. The molecule has 0 amide bonds. The van der Waals surface area contributed by atoms with Crippen molar-refractivity contribution in [3.63, 3.8) is 0 Å². The molecule has 1 fully saturated rings. The molecule has 2 heterocycles. The van der Waals surface area contributed by atoms with Crippen LogP contribution in [0.3, 0.4) is 0 Å². The van der Waals surface area contributed by atoms with Crippen LogP contribution < -0.4 is 0 Å². The van der Waals surface area contributed by atoms with E-state index in [0.29, 0.717) is 17.5 Å². The zero-order valence-corrected chi connectivity index (χ0v) is 13.2. The Morgan fingerprint density at radius 2 is 2.44 bits per heavy atom. The maximum atomic E-state index is 11.7. The summed E-state index contributed by atoms with van der Waals surface area (Å²) in [5.74, 6) is 2.49. The minimum atomic E-state index is 0.407. The molecule has 18 heavy (non-hydrogen) atoms. The smallest absolute Gasteiger partial charge is 0.134 e. The van der Waals surface area contributed by atoms with Gasteiger partial charge in [-0.05, 0) is 29.3 Å². The van der Waals surface area contributed by atoms with E-state index in [1.807, 2.05) is 39.8 Å². The summed E-state index contributed by atoms with van der Waals surface area (Å²) in [5.41, 5.74) is 0. The van der Waals surface area contributed by atoms with Gasteiger partial charge in [-0.15, -0.1) is 0 Å². The Hall–Kier alpha value is 0.220. The fraction of sp³-hybridized carbons (Fsp3) is 0.500. The maximum Gasteiger partial charge on any atom is 0.134 e. The zero-order valence-electron chi connectivity index (χ0n) is 9.91. The van der Waals surface area contributed by atoms with E-state index >= 15 is 0 Å². The summed E-state index contributed by atoms with van der Waals surface area (Å²) in [6.45, 7) is 0. The Morgan fingerprint density at radius 1 is 1.50 bits per heavy atom. The molecule has 1 unspecified atom stereocenters. The highest BCUT2D eigenvalue weighted by Gasteiger charge is 2.19. The molecule has 2 nitrogen and oxygen atoms in total. The number of carbonyl (C=O) groups excluding carboxylic acids is 1. The molecule has 6 heteroatoms. The van der Waals surface area contributed by atoms with E-state index < -0.39 is 0 Å². The van der Waals surface area contributed by atoms with Crippen molar-refractivity contribution in [3.8, 4) is 0 Å². The first-order valence-electron chi connectivity index (χ1n) is 5.85. The van der Waals surface area contributed by atoms with E-state index in [1.54, 1.807) is 27.8 Å². The number of carbonyl (C=O) groups is 1.